The number of unbranched alkanes of at least 4 members (excludes halogenated alkanes) is 45. The van der Waals surface area contributed by atoms with Crippen molar-refractivity contribution in [2.24, 2.45) is 0 Å². The Morgan fingerprint density at radius 3 is 1.07 bits per heavy atom. The number of hydrogen-bond acceptors (Lipinski definition) is 5. The number of rotatable bonds is 58. The molecule has 0 spiro atoms. The fourth-order valence-corrected chi connectivity index (χ4v) is 9.68. The van der Waals surface area contributed by atoms with Gasteiger partial charge in [-0.05, 0) is 51.4 Å². The van der Waals surface area contributed by atoms with E-state index in [0.717, 1.165) is 44.9 Å². The normalized spacial score (nSPS) is 12.7. The maximum atomic E-state index is 12.5. The molecule has 2 atom stereocenters. The summed E-state index contributed by atoms with van der Waals surface area (Å²) in [6.07, 6.45) is 72.2. The minimum absolute atomic E-state index is 0.000768. The summed E-state index contributed by atoms with van der Waals surface area (Å²) in [5, 5.41) is 23.2. The Morgan fingerprint density at radius 1 is 0.391 bits per heavy atom. The van der Waals surface area contributed by atoms with Crippen LogP contribution in [0.1, 0.15) is 341 Å². The molecule has 0 fully saturated rings. The van der Waals surface area contributed by atoms with Crippen molar-refractivity contribution < 1.29 is 24.5 Å². The second kappa shape index (κ2) is 58.9. The molecule has 0 aromatic rings. The van der Waals surface area contributed by atoms with Crippen LogP contribution in [0.3, 0.4) is 0 Å². The highest BCUT2D eigenvalue weighted by molar-refractivity contribution is 5.76. The van der Waals surface area contributed by atoms with Crippen LogP contribution >= 0.6 is 0 Å². The zero-order chi connectivity index (χ0) is 50.0. The molecule has 3 N–H and O–H groups in total. The number of aliphatic hydroxyl groups excluding tert-OH is 2. The van der Waals surface area contributed by atoms with E-state index in [2.05, 4.69) is 31.3 Å². The van der Waals surface area contributed by atoms with E-state index < -0.39 is 12.1 Å². The summed E-state index contributed by atoms with van der Waals surface area (Å²) in [6, 6.07) is -0.630. The molecule has 0 radical (unpaired) electrons. The van der Waals surface area contributed by atoms with Crippen LogP contribution in [0.4, 0.5) is 0 Å². The molecule has 1 amide bonds. The molecule has 0 aromatic heterocycles. The van der Waals surface area contributed by atoms with Gasteiger partial charge in [-0.25, -0.2) is 0 Å². The molecule has 0 aliphatic rings. The number of ether oxygens (including phenoxy) is 1. The summed E-state index contributed by atoms with van der Waals surface area (Å²) >= 11 is 0. The number of aliphatic hydroxyl groups is 2. The number of esters is 1. The fraction of sp³-hybridized carbons (Fsp3) is 0.905. The zero-order valence-electron chi connectivity index (χ0n) is 46.6. The third-order valence-electron chi connectivity index (χ3n) is 14.5. The van der Waals surface area contributed by atoms with Crippen LogP contribution in [0.15, 0.2) is 24.3 Å². The predicted octanol–water partition coefficient (Wildman–Crippen LogP) is 19.4. The Kier molecular flexibility index (Phi) is 57.5. The largest absolute Gasteiger partial charge is 0.466 e. The van der Waals surface area contributed by atoms with Crippen LogP contribution in [-0.2, 0) is 14.3 Å². The second-order valence-corrected chi connectivity index (χ2v) is 21.4. The third kappa shape index (κ3) is 55.5. The summed E-state index contributed by atoms with van der Waals surface area (Å²) in [7, 11) is 0. The highest BCUT2D eigenvalue weighted by Crippen LogP contribution is 2.18. The van der Waals surface area contributed by atoms with Gasteiger partial charge in [-0.1, -0.05) is 301 Å². The quantitative estimate of drug-likeness (QED) is 0.0321. The maximum absolute atomic E-state index is 12.5. The van der Waals surface area contributed by atoms with Crippen LogP contribution in [0.25, 0.3) is 0 Å². The number of carbonyl (C=O) groups is 2. The van der Waals surface area contributed by atoms with E-state index in [4.69, 9.17) is 4.74 Å². The predicted molar refractivity (Wildman–Crippen MR) is 301 cm³/mol. The van der Waals surface area contributed by atoms with Gasteiger partial charge in [0.1, 0.15) is 0 Å². The molecule has 0 aromatic carbocycles. The van der Waals surface area contributed by atoms with Crippen LogP contribution in [0, 0.1) is 0 Å². The standard InChI is InChI=1S/C63H121NO5/c1-3-5-7-9-11-13-15-16-17-18-19-20-23-26-29-32-36-39-43-47-51-55-61(66)60(59-65)64-62(67)56-52-48-44-40-37-33-30-27-24-21-22-25-28-31-34-38-42-46-50-54-58-69-63(68)57-53-49-45-41-35-14-12-10-8-6-4-2/h10,12,51,55,60-61,65-66H,3-9,11,13-50,52-54,56-59H2,1-2H3,(H,64,67)/b12-10-,55-51+. The maximum Gasteiger partial charge on any atom is 0.305 e. The summed E-state index contributed by atoms with van der Waals surface area (Å²) < 4.78 is 5.46. The van der Waals surface area contributed by atoms with Crippen molar-refractivity contribution in [2.75, 3.05) is 13.2 Å². The molecule has 408 valence electrons. The molecular formula is C63H121NO5. The number of allylic oxidation sites excluding steroid dienone is 3. The molecule has 0 saturated heterocycles. The fourth-order valence-electron chi connectivity index (χ4n) is 9.68. The smallest absolute Gasteiger partial charge is 0.305 e. The van der Waals surface area contributed by atoms with Gasteiger partial charge in [-0.15, -0.1) is 0 Å². The summed E-state index contributed by atoms with van der Waals surface area (Å²) in [6.45, 7) is 4.88. The van der Waals surface area contributed by atoms with Gasteiger partial charge in [-0.3, -0.25) is 9.59 Å². The van der Waals surface area contributed by atoms with Crippen LogP contribution in [0.2, 0.25) is 0 Å². The van der Waals surface area contributed by atoms with Crippen molar-refractivity contribution in [3.05, 3.63) is 24.3 Å². The summed E-state index contributed by atoms with van der Waals surface area (Å²) in [5.41, 5.74) is 0. The van der Waals surface area contributed by atoms with E-state index >= 15 is 0 Å². The Morgan fingerprint density at radius 2 is 0.696 bits per heavy atom. The van der Waals surface area contributed by atoms with Crippen molar-refractivity contribution in [2.45, 2.75) is 353 Å². The monoisotopic (exact) mass is 972 g/mol. The Labute approximate surface area is 431 Å². The van der Waals surface area contributed by atoms with Gasteiger partial charge in [0, 0.05) is 12.8 Å². The molecule has 0 heterocycles. The molecule has 0 bridgehead atoms. The van der Waals surface area contributed by atoms with E-state index in [0.29, 0.717) is 19.4 Å². The lowest BCUT2D eigenvalue weighted by atomic mass is 10.0. The van der Waals surface area contributed by atoms with Gasteiger partial charge in [0.15, 0.2) is 0 Å². The highest BCUT2D eigenvalue weighted by atomic mass is 16.5. The van der Waals surface area contributed by atoms with E-state index in [1.807, 2.05) is 6.08 Å². The SMILES string of the molecule is CCCC/C=C\CCCCCCCC(=O)OCCCCCCCCCCCCCCCCCCCCCCC(=O)NC(CO)C(O)/C=C/CCCCCCCCCCCCCCCCCCCCC. The van der Waals surface area contributed by atoms with Gasteiger partial charge in [0.25, 0.3) is 0 Å². The van der Waals surface area contributed by atoms with Crippen LogP contribution < -0.4 is 5.32 Å². The van der Waals surface area contributed by atoms with Crippen molar-refractivity contribution >= 4 is 11.9 Å². The Bertz CT molecular complexity index is 1080. The third-order valence-corrected chi connectivity index (χ3v) is 14.5. The van der Waals surface area contributed by atoms with Gasteiger partial charge in [0.05, 0.1) is 25.4 Å². The number of nitrogens with one attached hydrogen (secondary N) is 1. The highest BCUT2D eigenvalue weighted by Gasteiger charge is 2.18. The first-order valence-corrected chi connectivity index (χ1v) is 31.1. The molecule has 0 aliphatic carbocycles. The Hall–Kier alpha value is -1.66. The molecule has 0 rings (SSSR count). The second-order valence-electron chi connectivity index (χ2n) is 21.4. The number of amides is 1. The molecule has 6 nitrogen and oxygen atoms in total. The average molecular weight is 973 g/mol. The first-order chi connectivity index (χ1) is 34.0. The van der Waals surface area contributed by atoms with E-state index in [1.54, 1.807) is 6.08 Å². The molecule has 0 aliphatic heterocycles. The lowest BCUT2D eigenvalue weighted by molar-refractivity contribution is -0.143. The Balaban J connectivity index is 3.43. The van der Waals surface area contributed by atoms with Gasteiger partial charge in [0.2, 0.25) is 5.91 Å². The van der Waals surface area contributed by atoms with Crippen molar-refractivity contribution in [3.8, 4) is 0 Å². The minimum atomic E-state index is -0.846. The zero-order valence-corrected chi connectivity index (χ0v) is 46.6. The lowest BCUT2D eigenvalue weighted by Crippen LogP contribution is -2.45. The minimum Gasteiger partial charge on any atom is -0.466 e. The van der Waals surface area contributed by atoms with E-state index in [1.165, 1.54) is 270 Å². The number of carbonyl (C=O) groups excluding carboxylic acids is 2. The lowest BCUT2D eigenvalue weighted by Gasteiger charge is -2.20. The van der Waals surface area contributed by atoms with E-state index in [9.17, 15) is 19.8 Å². The van der Waals surface area contributed by atoms with Gasteiger partial charge in [-0.2, -0.15) is 0 Å². The molecule has 6 heteroatoms. The first-order valence-electron chi connectivity index (χ1n) is 31.1. The van der Waals surface area contributed by atoms with Crippen LogP contribution in [0.5, 0.6) is 0 Å². The first kappa shape index (κ1) is 67.3. The van der Waals surface area contributed by atoms with Gasteiger partial charge >= 0.3 is 5.97 Å². The number of hydrogen-bond donors (Lipinski definition) is 3. The molecular weight excluding hydrogens is 851 g/mol. The van der Waals surface area contributed by atoms with Crippen LogP contribution in [-0.4, -0.2) is 47.4 Å². The van der Waals surface area contributed by atoms with Crippen molar-refractivity contribution in [1.82, 2.24) is 5.32 Å². The van der Waals surface area contributed by atoms with Gasteiger partial charge < -0.3 is 20.3 Å². The van der Waals surface area contributed by atoms with Crippen molar-refractivity contribution in [1.29, 1.82) is 0 Å². The molecule has 0 saturated carbocycles. The van der Waals surface area contributed by atoms with E-state index in [-0.39, 0.29) is 18.5 Å². The van der Waals surface area contributed by atoms with Crippen molar-refractivity contribution in [3.63, 3.8) is 0 Å². The topological polar surface area (TPSA) is 95.9 Å². The molecule has 2 unspecified atom stereocenters. The summed E-state index contributed by atoms with van der Waals surface area (Å²) in [5.74, 6) is -0.0676. The molecule has 69 heavy (non-hydrogen) atoms. The summed E-state index contributed by atoms with van der Waals surface area (Å²) in [4.78, 5) is 24.5. The average Bonchev–Trinajstić information content (AvgIpc) is 3.35.